The van der Waals surface area contributed by atoms with Crippen LogP contribution in [-0.2, 0) is 49.5 Å². The molecule has 1 aromatic carbocycles. The molecule has 4 aliphatic rings. The molecule has 1 unspecified atom stereocenters. The highest BCUT2D eigenvalue weighted by Crippen LogP contribution is 2.36. The number of nitrogens with zero attached hydrogens (tertiary/aromatic N) is 2. The highest BCUT2D eigenvalue weighted by Gasteiger charge is 2.45. The third kappa shape index (κ3) is 10.0. The number of ether oxygens (including phenoxy) is 2. The molecule has 16 heteroatoms. The fourth-order valence-corrected chi connectivity index (χ4v) is 10.6. The van der Waals surface area contributed by atoms with Gasteiger partial charge in [-0.15, -0.1) is 23.5 Å². The van der Waals surface area contributed by atoms with Crippen molar-refractivity contribution in [1.82, 2.24) is 20.4 Å². The van der Waals surface area contributed by atoms with Gasteiger partial charge in [-0.2, -0.15) is 0 Å². The summed E-state index contributed by atoms with van der Waals surface area (Å²) >= 11 is 3.14. The summed E-state index contributed by atoms with van der Waals surface area (Å²) in [5.74, 6) is -4.54. The smallest absolute Gasteiger partial charge is 0.328 e. The standard InChI is InChI=1S/C37H50N4O10S2/c1-50-36(48)27-10-6-12-29-40(27)34(46)25(16-18-52-29)38-32(44)23(20-22-8-4-3-5-9-22)14-15-24(21-31(42)43)33(45)39-26-17-19-53-30-13-7-11-28(37(49)51-2)41(30)35(26)47/h3-5,8-9,23-30H,6-7,10-21H2,1-2H3,(H,38,44)(H,39,45)(H,42,43)/t23-,24-,25+,26?,27+,28+,29+,30+/m1/s1. The van der Waals surface area contributed by atoms with Crippen LogP contribution in [0.1, 0.15) is 76.2 Å². The van der Waals surface area contributed by atoms with Crippen LogP contribution in [0.15, 0.2) is 30.3 Å². The van der Waals surface area contributed by atoms with Crippen molar-refractivity contribution < 1.29 is 48.1 Å². The van der Waals surface area contributed by atoms with E-state index < -0.39 is 78.1 Å². The molecule has 1 aromatic rings. The molecule has 0 bridgehead atoms. The molecule has 4 saturated heterocycles. The molecule has 53 heavy (non-hydrogen) atoms. The second-order valence-corrected chi connectivity index (χ2v) is 16.6. The fourth-order valence-electron chi connectivity index (χ4n) is 7.84. The van der Waals surface area contributed by atoms with Crippen molar-refractivity contribution in [3.8, 4) is 0 Å². The van der Waals surface area contributed by atoms with Crippen molar-refractivity contribution in [2.45, 2.75) is 112 Å². The first-order valence-electron chi connectivity index (χ1n) is 18.4. The van der Waals surface area contributed by atoms with Crippen LogP contribution < -0.4 is 10.6 Å². The topological polar surface area (TPSA) is 189 Å². The van der Waals surface area contributed by atoms with Gasteiger partial charge in [0.25, 0.3) is 0 Å². The quantitative estimate of drug-likeness (QED) is 0.249. The predicted octanol–water partition coefficient (Wildman–Crippen LogP) is 2.72. The zero-order valence-electron chi connectivity index (χ0n) is 30.2. The molecule has 5 rings (SSSR count). The van der Waals surface area contributed by atoms with Crippen LogP contribution in [0.25, 0.3) is 0 Å². The average molecular weight is 775 g/mol. The minimum atomic E-state index is -1.20. The number of carbonyl (C=O) groups excluding carboxylic acids is 6. The van der Waals surface area contributed by atoms with Crippen molar-refractivity contribution >= 4 is 65.1 Å². The number of nitrogens with one attached hydrogen (secondary N) is 2. The monoisotopic (exact) mass is 774 g/mol. The number of rotatable bonds is 13. The Labute approximate surface area is 318 Å². The summed E-state index contributed by atoms with van der Waals surface area (Å²) in [6.45, 7) is 0. The van der Waals surface area contributed by atoms with Gasteiger partial charge in [0.2, 0.25) is 23.6 Å². The van der Waals surface area contributed by atoms with Crippen LogP contribution in [0, 0.1) is 11.8 Å². The highest BCUT2D eigenvalue weighted by molar-refractivity contribution is 8.00. The number of carbonyl (C=O) groups is 7. The van der Waals surface area contributed by atoms with E-state index in [1.807, 2.05) is 30.3 Å². The number of esters is 2. The second kappa shape index (κ2) is 19.0. The molecular weight excluding hydrogens is 725 g/mol. The molecule has 0 radical (unpaired) electrons. The molecular formula is C37H50N4O10S2. The number of fused-ring (bicyclic) bond motifs is 2. The van der Waals surface area contributed by atoms with E-state index in [0.29, 0.717) is 43.6 Å². The molecule has 14 nitrogen and oxygen atoms in total. The van der Waals surface area contributed by atoms with Crippen molar-refractivity contribution in [3.63, 3.8) is 0 Å². The number of amides is 4. The van der Waals surface area contributed by atoms with Gasteiger partial charge in [0, 0.05) is 11.8 Å². The Hall–Kier alpha value is -3.79. The van der Waals surface area contributed by atoms with Crippen molar-refractivity contribution in [2.75, 3.05) is 25.7 Å². The minimum absolute atomic E-state index is 0.0307. The Morgan fingerprint density at radius 3 is 1.68 bits per heavy atom. The maximum absolute atomic E-state index is 14.1. The van der Waals surface area contributed by atoms with Crippen molar-refractivity contribution in [2.24, 2.45) is 11.8 Å². The Bertz CT molecular complexity index is 1520. The Morgan fingerprint density at radius 1 is 0.736 bits per heavy atom. The normalized spacial score (nSPS) is 27.1. The van der Waals surface area contributed by atoms with Gasteiger partial charge >= 0.3 is 17.9 Å². The first-order valence-corrected chi connectivity index (χ1v) is 20.5. The lowest BCUT2D eigenvalue weighted by Crippen LogP contribution is -2.58. The fraction of sp³-hybridized carbons (Fsp3) is 0.649. The number of benzene rings is 1. The van der Waals surface area contributed by atoms with Crippen LogP contribution >= 0.6 is 23.5 Å². The Morgan fingerprint density at radius 2 is 1.21 bits per heavy atom. The van der Waals surface area contributed by atoms with E-state index in [-0.39, 0.29) is 35.9 Å². The second-order valence-electron chi connectivity index (χ2n) is 14.0. The van der Waals surface area contributed by atoms with Crippen molar-refractivity contribution in [3.05, 3.63) is 35.9 Å². The van der Waals surface area contributed by atoms with E-state index in [0.717, 1.165) is 24.8 Å². The van der Waals surface area contributed by atoms with Gasteiger partial charge in [0.15, 0.2) is 0 Å². The maximum atomic E-state index is 14.1. The minimum Gasteiger partial charge on any atom is -0.481 e. The van der Waals surface area contributed by atoms with E-state index >= 15 is 0 Å². The van der Waals surface area contributed by atoms with E-state index in [4.69, 9.17) is 9.47 Å². The molecule has 0 aliphatic carbocycles. The Kier molecular flexibility index (Phi) is 14.5. The molecule has 4 amide bonds. The van der Waals surface area contributed by atoms with Gasteiger partial charge in [-0.05, 0) is 87.7 Å². The molecule has 3 N–H and O–H groups in total. The molecule has 8 atom stereocenters. The lowest BCUT2D eigenvalue weighted by atomic mass is 9.88. The average Bonchev–Trinajstić information content (AvgIpc) is 3.42. The molecule has 0 aromatic heterocycles. The van der Waals surface area contributed by atoms with E-state index in [9.17, 15) is 38.7 Å². The van der Waals surface area contributed by atoms with Crippen LogP contribution in [0.2, 0.25) is 0 Å². The van der Waals surface area contributed by atoms with Crippen LogP contribution in [0.4, 0.5) is 0 Å². The number of thioether (sulfide) groups is 2. The maximum Gasteiger partial charge on any atom is 0.328 e. The third-order valence-electron chi connectivity index (χ3n) is 10.6. The molecule has 290 valence electrons. The van der Waals surface area contributed by atoms with Crippen LogP contribution in [0.3, 0.4) is 0 Å². The number of hydrogen-bond acceptors (Lipinski definition) is 11. The number of aliphatic carboxylic acids is 1. The molecule has 4 aliphatic heterocycles. The number of carboxylic acid groups (broad SMARTS) is 1. The van der Waals surface area contributed by atoms with Gasteiger partial charge in [-0.25, -0.2) is 9.59 Å². The first kappa shape index (κ1) is 40.4. The molecule has 0 saturated carbocycles. The number of carboxylic acids is 1. The summed E-state index contributed by atoms with van der Waals surface area (Å²) < 4.78 is 9.98. The summed E-state index contributed by atoms with van der Waals surface area (Å²) in [6.07, 6.45) is 4.56. The van der Waals surface area contributed by atoms with Crippen molar-refractivity contribution in [1.29, 1.82) is 0 Å². The van der Waals surface area contributed by atoms with Gasteiger partial charge in [-0.1, -0.05) is 30.3 Å². The van der Waals surface area contributed by atoms with E-state index in [2.05, 4.69) is 10.6 Å². The largest absolute Gasteiger partial charge is 0.481 e. The summed E-state index contributed by atoms with van der Waals surface area (Å²) in [4.78, 5) is 95.9. The number of hydrogen-bond donors (Lipinski definition) is 3. The summed E-state index contributed by atoms with van der Waals surface area (Å²) in [5, 5.41) is 15.1. The summed E-state index contributed by atoms with van der Waals surface area (Å²) in [5.41, 5.74) is 0.856. The highest BCUT2D eigenvalue weighted by atomic mass is 32.2. The lowest BCUT2D eigenvalue weighted by molar-refractivity contribution is -0.156. The lowest BCUT2D eigenvalue weighted by Gasteiger charge is -2.40. The van der Waals surface area contributed by atoms with E-state index in [1.54, 1.807) is 28.4 Å². The van der Waals surface area contributed by atoms with Gasteiger partial charge < -0.3 is 35.0 Å². The zero-order valence-corrected chi connectivity index (χ0v) is 31.9. The third-order valence-corrected chi connectivity index (χ3v) is 13.3. The number of piperidine rings is 2. The number of methoxy groups -OCH3 is 2. The molecule has 4 heterocycles. The predicted molar refractivity (Wildman–Crippen MR) is 197 cm³/mol. The Balaban J connectivity index is 1.30. The first-order chi connectivity index (χ1) is 25.5. The molecule has 4 fully saturated rings. The van der Waals surface area contributed by atoms with Gasteiger partial charge in [0.05, 0.1) is 31.4 Å². The van der Waals surface area contributed by atoms with Crippen LogP contribution in [-0.4, -0.2) is 117 Å². The molecule has 0 spiro atoms. The van der Waals surface area contributed by atoms with E-state index in [1.165, 1.54) is 19.1 Å². The summed E-state index contributed by atoms with van der Waals surface area (Å²) in [6, 6.07) is 6.00. The van der Waals surface area contributed by atoms with Gasteiger partial charge in [-0.3, -0.25) is 24.0 Å². The zero-order chi connectivity index (χ0) is 38.1. The van der Waals surface area contributed by atoms with Crippen LogP contribution in [0.5, 0.6) is 0 Å². The SMILES string of the molecule is COC(=O)[C@@H]1CCC[C@@H]2SCCC(NC(=O)[C@H](CC[C@H](Cc3ccccc3)C(=O)N[C@H]3CCS[C@H]4CCC[C@@H](C(=O)OC)N4C3=O)CC(=O)O)C(=O)N21. The summed E-state index contributed by atoms with van der Waals surface area (Å²) in [7, 11) is 2.57. The van der Waals surface area contributed by atoms with Gasteiger partial charge in [0.1, 0.15) is 24.2 Å².